The Labute approximate surface area is 103 Å². The fourth-order valence-corrected chi connectivity index (χ4v) is 2.59. The van der Waals surface area contributed by atoms with E-state index in [0.717, 1.165) is 12.8 Å². The van der Waals surface area contributed by atoms with Crippen LogP contribution in [0.4, 0.5) is 0 Å². The van der Waals surface area contributed by atoms with Gasteiger partial charge in [-0.25, -0.2) is 0 Å². The first-order valence-corrected chi connectivity index (χ1v) is 6.14. The molecule has 2 aliphatic rings. The van der Waals surface area contributed by atoms with Crippen molar-refractivity contribution in [2.75, 3.05) is 0 Å². The van der Waals surface area contributed by atoms with Crippen LogP contribution in [0.2, 0.25) is 0 Å². The highest BCUT2D eigenvalue weighted by Gasteiger charge is 2.18. The van der Waals surface area contributed by atoms with Gasteiger partial charge in [0.2, 0.25) is 0 Å². The van der Waals surface area contributed by atoms with Gasteiger partial charge in [0.15, 0.2) is 0 Å². The van der Waals surface area contributed by atoms with Gasteiger partial charge in [0.1, 0.15) is 0 Å². The number of benzene rings is 1. The van der Waals surface area contributed by atoms with E-state index in [0.29, 0.717) is 0 Å². The summed E-state index contributed by atoms with van der Waals surface area (Å²) >= 11 is 0. The molecule has 0 bridgehead atoms. The number of hydrogen-bond acceptors (Lipinski definition) is 0. The molecule has 17 heavy (non-hydrogen) atoms. The maximum Gasteiger partial charge on any atom is -0.00111 e. The number of hydrogen-bond donors (Lipinski definition) is 0. The molecule has 0 spiro atoms. The predicted molar refractivity (Wildman–Crippen MR) is 72.7 cm³/mol. The predicted octanol–water partition coefficient (Wildman–Crippen LogP) is 4.58. The number of allylic oxidation sites excluding steroid dienone is 5. The van der Waals surface area contributed by atoms with Crippen molar-refractivity contribution >= 4 is 5.57 Å². The monoisotopic (exact) mass is 220 g/mol. The van der Waals surface area contributed by atoms with Crippen LogP contribution in [-0.2, 0) is 0 Å². The van der Waals surface area contributed by atoms with E-state index < -0.39 is 0 Å². The average molecular weight is 220 g/mol. The molecule has 0 radical (unpaired) electrons. The van der Waals surface area contributed by atoms with Crippen molar-refractivity contribution in [2.24, 2.45) is 0 Å². The van der Waals surface area contributed by atoms with Crippen LogP contribution < -0.4 is 0 Å². The maximum absolute atomic E-state index is 3.22. The van der Waals surface area contributed by atoms with Gasteiger partial charge in [0.25, 0.3) is 0 Å². The second-order valence-corrected chi connectivity index (χ2v) is 4.98. The van der Waals surface area contributed by atoms with Crippen LogP contribution in [0, 0.1) is 6.92 Å². The van der Waals surface area contributed by atoms with Crippen LogP contribution in [0.5, 0.6) is 0 Å². The number of rotatable bonds is 1. The fourth-order valence-electron chi connectivity index (χ4n) is 2.59. The van der Waals surface area contributed by atoms with Crippen molar-refractivity contribution in [3.63, 3.8) is 0 Å². The number of aryl methyl sites for hydroxylation is 1. The summed E-state index contributed by atoms with van der Waals surface area (Å²) in [7, 11) is 0. The topological polar surface area (TPSA) is 0 Å². The third kappa shape index (κ3) is 1.81. The van der Waals surface area contributed by atoms with E-state index in [2.05, 4.69) is 56.0 Å². The molecule has 0 N–H and O–H groups in total. The third-order valence-corrected chi connectivity index (χ3v) is 3.67. The van der Waals surface area contributed by atoms with Gasteiger partial charge >= 0.3 is 0 Å². The Bertz CT molecular complexity index is 585. The molecule has 2 aliphatic carbocycles. The first-order valence-electron chi connectivity index (χ1n) is 6.14. The van der Waals surface area contributed by atoms with Crippen molar-refractivity contribution in [2.45, 2.75) is 26.7 Å². The zero-order chi connectivity index (χ0) is 11.8. The lowest BCUT2D eigenvalue weighted by atomic mass is 9.84. The minimum absolute atomic E-state index is 1.06. The molecule has 0 amide bonds. The van der Waals surface area contributed by atoms with E-state index in [1.807, 2.05) is 0 Å². The summed E-state index contributed by atoms with van der Waals surface area (Å²) in [5.41, 5.74) is 11.8. The van der Waals surface area contributed by atoms with Gasteiger partial charge in [-0.1, -0.05) is 35.4 Å². The molecule has 0 atom stereocenters. The molecule has 0 aromatic heterocycles. The fraction of sp³-hybridized carbons (Fsp3) is 0.235. The van der Waals surface area contributed by atoms with Gasteiger partial charge < -0.3 is 0 Å². The lowest BCUT2D eigenvalue weighted by Crippen LogP contribution is -2.00. The van der Waals surface area contributed by atoms with E-state index >= 15 is 0 Å². The average Bonchev–Trinajstić information content (AvgIpc) is 2.76. The highest BCUT2D eigenvalue weighted by Crippen LogP contribution is 2.38. The lowest BCUT2D eigenvalue weighted by molar-refractivity contribution is 1.05. The summed E-state index contributed by atoms with van der Waals surface area (Å²) in [6, 6.07) is 8.88. The van der Waals surface area contributed by atoms with Gasteiger partial charge in [-0.2, -0.15) is 0 Å². The second kappa shape index (κ2) is 3.91. The van der Waals surface area contributed by atoms with Crippen LogP contribution in [0.25, 0.3) is 5.57 Å². The van der Waals surface area contributed by atoms with Crippen LogP contribution in [0.1, 0.15) is 30.9 Å². The Hall–Kier alpha value is -1.78. The molecule has 0 saturated carbocycles. The molecule has 0 aliphatic heterocycles. The third-order valence-electron chi connectivity index (χ3n) is 3.67. The van der Waals surface area contributed by atoms with Gasteiger partial charge in [-0.05, 0) is 61.1 Å². The maximum atomic E-state index is 3.22. The molecular weight excluding hydrogens is 204 g/mol. The molecule has 0 fully saturated rings. The molecule has 1 aromatic rings. The van der Waals surface area contributed by atoms with Crippen molar-refractivity contribution < 1.29 is 0 Å². The van der Waals surface area contributed by atoms with Gasteiger partial charge in [0, 0.05) is 0 Å². The van der Waals surface area contributed by atoms with Crippen molar-refractivity contribution in [3.05, 3.63) is 70.0 Å². The summed E-state index contributed by atoms with van der Waals surface area (Å²) in [5.74, 6) is 0. The van der Waals surface area contributed by atoms with Crippen LogP contribution in [0.3, 0.4) is 0 Å². The van der Waals surface area contributed by atoms with Crippen LogP contribution in [-0.4, -0.2) is 0 Å². The minimum atomic E-state index is 1.06. The largest absolute Gasteiger partial charge is 0.120 e. The van der Waals surface area contributed by atoms with E-state index in [4.69, 9.17) is 0 Å². The Morgan fingerprint density at radius 3 is 2.24 bits per heavy atom. The molecule has 3 rings (SSSR count). The first-order chi connectivity index (χ1) is 8.24. The Kier molecular flexibility index (Phi) is 2.39. The zero-order valence-electron chi connectivity index (χ0n) is 10.4. The summed E-state index contributed by atoms with van der Waals surface area (Å²) in [6.45, 7) is 4.39. The molecule has 0 unspecified atom stereocenters. The van der Waals surface area contributed by atoms with Crippen LogP contribution >= 0.6 is 0 Å². The Morgan fingerprint density at radius 1 is 0.882 bits per heavy atom. The SMILES string of the molecule is CC1=C(c2ccc(C)cc2)CC2=C(C=C=C2)C1. The van der Waals surface area contributed by atoms with Crippen molar-refractivity contribution in [1.82, 2.24) is 0 Å². The highest BCUT2D eigenvalue weighted by molar-refractivity contribution is 5.74. The Morgan fingerprint density at radius 2 is 1.53 bits per heavy atom. The van der Waals surface area contributed by atoms with Gasteiger partial charge in [-0.15, -0.1) is 5.73 Å². The normalized spacial score (nSPS) is 18.0. The van der Waals surface area contributed by atoms with Crippen molar-refractivity contribution in [1.29, 1.82) is 0 Å². The summed E-state index contributed by atoms with van der Waals surface area (Å²) in [5, 5.41) is 0. The Balaban J connectivity index is 1.96. The molecule has 0 saturated heterocycles. The van der Waals surface area contributed by atoms with E-state index in [9.17, 15) is 0 Å². The van der Waals surface area contributed by atoms with Gasteiger partial charge in [-0.3, -0.25) is 0 Å². The lowest BCUT2D eigenvalue weighted by Gasteiger charge is -2.20. The van der Waals surface area contributed by atoms with E-state index in [-0.39, 0.29) is 0 Å². The highest BCUT2D eigenvalue weighted by atomic mass is 14.2. The zero-order valence-corrected chi connectivity index (χ0v) is 10.4. The quantitative estimate of drug-likeness (QED) is 0.607. The molecule has 0 heteroatoms. The van der Waals surface area contributed by atoms with E-state index in [1.165, 1.54) is 33.4 Å². The van der Waals surface area contributed by atoms with Crippen molar-refractivity contribution in [3.8, 4) is 0 Å². The summed E-state index contributed by atoms with van der Waals surface area (Å²) in [6.07, 6.45) is 6.41. The van der Waals surface area contributed by atoms with E-state index in [1.54, 1.807) is 0 Å². The summed E-state index contributed by atoms with van der Waals surface area (Å²) < 4.78 is 0. The first kappa shape index (κ1) is 10.4. The van der Waals surface area contributed by atoms with Gasteiger partial charge in [0.05, 0.1) is 0 Å². The molecule has 84 valence electrons. The van der Waals surface area contributed by atoms with Crippen LogP contribution in [0.15, 0.2) is 58.9 Å². The smallest absolute Gasteiger partial charge is 0.00111 e. The minimum Gasteiger partial charge on any atom is -0.120 e. The molecule has 0 nitrogen and oxygen atoms in total. The summed E-state index contributed by atoms with van der Waals surface area (Å²) in [4.78, 5) is 0. The molecule has 0 heterocycles. The molecular formula is C17H16. The standard InChI is InChI=1S/C17H16/c1-12-6-8-14(9-7-12)17-11-16-5-3-4-15(16)10-13(17)2/h4-9H,10-11H2,1-2H3. The second-order valence-electron chi connectivity index (χ2n) is 4.98. The molecule has 1 aromatic carbocycles.